The van der Waals surface area contributed by atoms with Gasteiger partial charge in [-0.15, -0.1) is 0 Å². The van der Waals surface area contributed by atoms with E-state index in [1.54, 1.807) is 0 Å². The largest absolute Gasteiger partial charge is 0.507 e. The van der Waals surface area contributed by atoms with Crippen molar-refractivity contribution in [1.82, 2.24) is 10.6 Å². The van der Waals surface area contributed by atoms with Gasteiger partial charge in [-0.2, -0.15) is 0 Å². The molecule has 0 saturated carbocycles. The minimum atomic E-state index is -0.244. The lowest BCUT2D eigenvalue weighted by atomic mass is 9.91. The molecule has 0 aromatic heterocycles. The number of aryl methyl sites for hydroxylation is 2. The van der Waals surface area contributed by atoms with Crippen molar-refractivity contribution in [3.8, 4) is 23.0 Å². The summed E-state index contributed by atoms with van der Waals surface area (Å²) in [6.07, 6.45) is 4.47. The summed E-state index contributed by atoms with van der Waals surface area (Å²) in [6, 6.07) is 7.38. The minimum Gasteiger partial charge on any atom is -0.507 e. The van der Waals surface area contributed by atoms with Gasteiger partial charge in [-0.25, -0.2) is 0 Å². The maximum Gasteiger partial charge on any atom is 0.220 e. The van der Waals surface area contributed by atoms with Crippen LogP contribution in [0.4, 0.5) is 0 Å². The summed E-state index contributed by atoms with van der Waals surface area (Å²) in [4.78, 5) is 24.6. The molecule has 0 unspecified atom stereocenters. The van der Waals surface area contributed by atoms with E-state index in [9.17, 15) is 19.8 Å². The van der Waals surface area contributed by atoms with Crippen molar-refractivity contribution < 1.29 is 29.3 Å². The molecule has 0 bridgehead atoms. The second-order valence-corrected chi connectivity index (χ2v) is 11.5. The van der Waals surface area contributed by atoms with E-state index in [2.05, 4.69) is 10.6 Å². The number of nitrogens with one attached hydrogen (secondary N) is 2. The number of phenolic OH excluding ortho intramolecular Hbond substituents is 2. The highest BCUT2D eigenvalue weighted by atomic mass is 16.5. The van der Waals surface area contributed by atoms with Gasteiger partial charge in [-0.3, -0.25) is 9.59 Å². The first kappa shape index (κ1) is 27.6. The number of hydrogen-bond donors (Lipinski definition) is 4. The van der Waals surface area contributed by atoms with Crippen LogP contribution >= 0.6 is 0 Å². The number of amides is 2. The fourth-order valence-corrected chi connectivity index (χ4v) is 5.04. The van der Waals surface area contributed by atoms with Crippen LogP contribution in [0, 0.1) is 0 Å². The Hall–Kier alpha value is -3.42. The molecular formula is C30H40N2O6. The Morgan fingerprint density at radius 3 is 1.53 bits per heavy atom. The molecule has 38 heavy (non-hydrogen) atoms. The molecule has 0 aliphatic carbocycles. The van der Waals surface area contributed by atoms with Crippen LogP contribution in [-0.4, -0.2) is 46.3 Å². The van der Waals surface area contributed by atoms with Gasteiger partial charge in [-0.1, -0.05) is 12.1 Å². The van der Waals surface area contributed by atoms with Crippen LogP contribution in [-0.2, 0) is 35.3 Å². The first-order valence-corrected chi connectivity index (χ1v) is 13.5. The molecule has 4 N–H and O–H groups in total. The summed E-state index contributed by atoms with van der Waals surface area (Å²) in [5, 5.41) is 26.9. The molecule has 0 radical (unpaired) electrons. The van der Waals surface area contributed by atoms with Gasteiger partial charge in [0, 0.05) is 37.1 Å². The molecule has 0 atom stereocenters. The van der Waals surface area contributed by atoms with E-state index in [0.717, 1.165) is 47.9 Å². The van der Waals surface area contributed by atoms with Crippen LogP contribution in [0.2, 0.25) is 0 Å². The number of carbonyl (C=O) groups excluding carboxylic acids is 2. The Morgan fingerprint density at radius 1 is 0.737 bits per heavy atom. The SMILES string of the molecule is CC1(C)CCc2c(ccc(CCC(=O)NCCNC(=O)CCc3ccc4c(c3O)CCC(C)(C)O4)c2O)O1. The molecule has 4 rings (SSSR count). The zero-order valence-electron chi connectivity index (χ0n) is 22.9. The highest BCUT2D eigenvalue weighted by Crippen LogP contribution is 2.41. The third-order valence-electron chi connectivity index (χ3n) is 7.39. The van der Waals surface area contributed by atoms with Gasteiger partial charge < -0.3 is 30.3 Å². The smallest absolute Gasteiger partial charge is 0.220 e. The van der Waals surface area contributed by atoms with Gasteiger partial charge in [0.25, 0.3) is 0 Å². The van der Waals surface area contributed by atoms with Crippen LogP contribution < -0.4 is 20.1 Å². The molecule has 2 aromatic carbocycles. The van der Waals surface area contributed by atoms with E-state index in [0.29, 0.717) is 37.4 Å². The van der Waals surface area contributed by atoms with Crippen molar-refractivity contribution in [2.75, 3.05) is 13.1 Å². The Morgan fingerprint density at radius 2 is 1.13 bits per heavy atom. The summed E-state index contributed by atoms with van der Waals surface area (Å²) >= 11 is 0. The molecule has 2 amide bonds. The number of ether oxygens (including phenoxy) is 2. The first-order valence-electron chi connectivity index (χ1n) is 13.5. The number of benzene rings is 2. The van der Waals surface area contributed by atoms with E-state index >= 15 is 0 Å². The molecule has 0 saturated heterocycles. The Kier molecular flexibility index (Phi) is 8.09. The quantitative estimate of drug-likeness (QED) is 0.367. The van der Waals surface area contributed by atoms with Gasteiger partial charge in [0.05, 0.1) is 0 Å². The van der Waals surface area contributed by atoms with Crippen LogP contribution in [0.1, 0.15) is 75.6 Å². The van der Waals surface area contributed by atoms with E-state index < -0.39 is 0 Å². The minimum absolute atomic E-state index is 0.141. The number of phenols is 2. The number of rotatable bonds is 9. The van der Waals surface area contributed by atoms with Crippen molar-refractivity contribution in [3.05, 3.63) is 46.5 Å². The van der Waals surface area contributed by atoms with E-state index in [1.165, 1.54) is 0 Å². The standard InChI is InChI=1S/C30H40N2O6/c1-29(2)15-13-21-23(37-29)9-5-19(27(21)35)7-11-25(33)31-17-18-32-26(34)12-8-20-6-10-24-22(28(20)36)14-16-30(3,4)38-24/h5-6,9-10,35-36H,7-8,11-18H2,1-4H3,(H,31,33)(H,32,34). The second kappa shape index (κ2) is 11.1. The number of hydrogen-bond acceptors (Lipinski definition) is 6. The van der Waals surface area contributed by atoms with Crippen molar-refractivity contribution in [2.24, 2.45) is 0 Å². The van der Waals surface area contributed by atoms with Gasteiger partial charge in [0.1, 0.15) is 34.2 Å². The predicted octanol–water partition coefficient (Wildman–Crippen LogP) is 4.10. The third-order valence-corrected chi connectivity index (χ3v) is 7.39. The summed E-state index contributed by atoms with van der Waals surface area (Å²) in [5.41, 5.74) is 2.60. The van der Waals surface area contributed by atoms with Crippen LogP contribution in [0.5, 0.6) is 23.0 Å². The summed E-state index contributed by atoms with van der Waals surface area (Å²) in [6.45, 7) is 8.77. The predicted molar refractivity (Wildman–Crippen MR) is 145 cm³/mol. The van der Waals surface area contributed by atoms with E-state index in [4.69, 9.17) is 9.47 Å². The molecule has 2 aromatic rings. The molecule has 0 fully saturated rings. The average Bonchev–Trinajstić information content (AvgIpc) is 2.84. The molecule has 0 spiro atoms. The maximum atomic E-state index is 12.3. The third kappa shape index (κ3) is 6.71. The first-order chi connectivity index (χ1) is 17.9. The van der Waals surface area contributed by atoms with Gasteiger partial charge >= 0.3 is 0 Å². The molecular weight excluding hydrogens is 484 g/mol. The average molecular weight is 525 g/mol. The van der Waals surface area contributed by atoms with Crippen LogP contribution in [0.25, 0.3) is 0 Å². The topological polar surface area (TPSA) is 117 Å². The maximum absolute atomic E-state index is 12.3. The number of carbonyl (C=O) groups is 2. The summed E-state index contributed by atoms with van der Waals surface area (Å²) < 4.78 is 11.9. The Labute approximate surface area is 224 Å². The number of aromatic hydroxyl groups is 2. The molecule has 206 valence electrons. The van der Waals surface area contributed by atoms with Crippen molar-refractivity contribution in [1.29, 1.82) is 0 Å². The highest BCUT2D eigenvalue weighted by molar-refractivity contribution is 5.77. The highest BCUT2D eigenvalue weighted by Gasteiger charge is 2.30. The number of fused-ring (bicyclic) bond motifs is 2. The van der Waals surface area contributed by atoms with Gasteiger partial charge in [-0.05, 0) is 89.5 Å². The normalized spacial score (nSPS) is 16.8. The fraction of sp³-hybridized carbons (Fsp3) is 0.533. The lowest BCUT2D eigenvalue weighted by Gasteiger charge is -2.33. The van der Waals surface area contributed by atoms with Crippen LogP contribution in [0.15, 0.2) is 24.3 Å². The zero-order valence-corrected chi connectivity index (χ0v) is 22.9. The van der Waals surface area contributed by atoms with Gasteiger partial charge in [0.15, 0.2) is 0 Å². The monoisotopic (exact) mass is 524 g/mol. The summed E-state index contributed by atoms with van der Waals surface area (Å²) in [5.74, 6) is 1.58. The molecule has 8 heteroatoms. The molecule has 2 aliphatic heterocycles. The Balaban J connectivity index is 1.15. The van der Waals surface area contributed by atoms with E-state index in [1.807, 2.05) is 52.0 Å². The Bertz CT molecular complexity index is 1110. The van der Waals surface area contributed by atoms with E-state index in [-0.39, 0.29) is 47.4 Å². The second-order valence-electron chi connectivity index (χ2n) is 11.5. The molecule has 2 aliphatic rings. The van der Waals surface area contributed by atoms with Crippen molar-refractivity contribution >= 4 is 11.8 Å². The molecule has 2 heterocycles. The van der Waals surface area contributed by atoms with Crippen molar-refractivity contribution in [3.63, 3.8) is 0 Å². The zero-order chi connectivity index (χ0) is 27.5. The van der Waals surface area contributed by atoms with Gasteiger partial charge in [0.2, 0.25) is 11.8 Å². The molecule has 8 nitrogen and oxygen atoms in total. The lowest BCUT2D eigenvalue weighted by molar-refractivity contribution is -0.122. The fourth-order valence-electron chi connectivity index (χ4n) is 5.04. The van der Waals surface area contributed by atoms with Crippen molar-refractivity contribution in [2.45, 2.75) is 90.3 Å². The summed E-state index contributed by atoms with van der Waals surface area (Å²) in [7, 11) is 0. The lowest BCUT2D eigenvalue weighted by Crippen LogP contribution is -2.35. The van der Waals surface area contributed by atoms with Crippen LogP contribution in [0.3, 0.4) is 0 Å².